The molecule has 0 fully saturated rings. The molecule has 0 aliphatic rings. The fraction of sp³-hybridized carbons (Fsp3) is 0.800. The van der Waals surface area contributed by atoms with Crippen molar-refractivity contribution in [2.45, 2.75) is 26.2 Å². The van der Waals surface area contributed by atoms with Crippen LogP contribution in [0.2, 0.25) is 0 Å². The van der Waals surface area contributed by atoms with Crippen molar-refractivity contribution in [3.63, 3.8) is 0 Å². The highest BCUT2D eigenvalue weighted by Gasteiger charge is 2.04. The van der Waals surface area contributed by atoms with Crippen LogP contribution < -0.4 is 11.1 Å². The molecule has 0 aliphatic heterocycles. The molecule has 0 aromatic rings. The van der Waals surface area contributed by atoms with E-state index >= 15 is 0 Å². The molecule has 0 saturated heterocycles. The lowest BCUT2D eigenvalue weighted by molar-refractivity contribution is -0.120. The summed E-state index contributed by atoms with van der Waals surface area (Å²) in [5.41, 5.74) is 5.43. The fourth-order valence-corrected chi connectivity index (χ4v) is 1.38. The molecule has 3 N–H and O–H groups in total. The van der Waals surface area contributed by atoms with Crippen molar-refractivity contribution < 1.29 is 4.79 Å². The molecule has 0 rings (SSSR count). The van der Waals surface area contributed by atoms with E-state index < -0.39 is 0 Å². The van der Waals surface area contributed by atoms with Gasteiger partial charge in [0.1, 0.15) is 0 Å². The average molecular weight is 231 g/mol. The Morgan fingerprint density at radius 2 is 2.07 bits per heavy atom. The summed E-state index contributed by atoms with van der Waals surface area (Å²) >= 11 is 4.82. The number of hydrogen-bond acceptors (Lipinski definition) is 3. The van der Waals surface area contributed by atoms with E-state index in [1.54, 1.807) is 7.05 Å². The smallest absolute Gasteiger partial charge is 0.219 e. The first-order valence-corrected chi connectivity index (χ1v) is 5.72. The van der Waals surface area contributed by atoms with Crippen molar-refractivity contribution >= 4 is 23.1 Å². The number of thiocarbonyl (C=S) groups is 1. The zero-order valence-corrected chi connectivity index (χ0v) is 10.4. The highest BCUT2D eigenvalue weighted by molar-refractivity contribution is 7.80. The third-order valence-corrected chi connectivity index (χ3v) is 2.48. The Morgan fingerprint density at radius 3 is 2.53 bits per heavy atom. The van der Waals surface area contributed by atoms with Crippen LogP contribution in [0.15, 0.2) is 0 Å². The fourth-order valence-electron chi connectivity index (χ4n) is 1.28. The van der Waals surface area contributed by atoms with Crippen LogP contribution in [0.25, 0.3) is 0 Å². The van der Waals surface area contributed by atoms with E-state index in [4.69, 9.17) is 18.0 Å². The molecular formula is C10H21N3OS. The van der Waals surface area contributed by atoms with Crippen LogP contribution in [-0.2, 0) is 4.79 Å². The molecule has 15 heavy (non-hydrogen) atoms. The Morgan fingerprint density at radius 1 is 1.40 bits per heavy atom. The number of carbonyl (C=O) groups excluding carboxylic acids is 1. The van der Waals surface area contributed by atoms with Gasteiger partial charge < -0.3 is 16.0 Å². The predicted octanol–water partition coefficient (Wildman–Crippen LogP) is 0.511. The standard InChI is InChI=1S/C10H21N3OS/c1-3-13(8-6-9(11)15)7-4-5-10(14)12-2/h3-8H2,1-2H3,(H2,11,15)(H,12,14). The molecule has 88 valence electrons. The number of nitrogens with one attached hydrogen (secondary N) is 1. The van der Waals surface area contributed by atoms with Crippen LogP contribution in [0.5, 0.6) is 0 Å². The maximum Gasteiger partial charge on any atom is 0.219 e. The van der Waals surface area contributed by atoms with Crippen LogP contribution in [0.4, 0.5) is 0 Å². The third kappa shape index (κ3) is 8.32. The third-order valence-electron chi connectivity index (χ3n) is 2.28. The van der Waals surface area contributed by atoms with Gasteiger partial charge in [0, 0.05) is 26.4 Å². The zero-order valence-electron chi connectivity index (χ0n) is 9.58. The van der Waals surface area contributed by atoms with Gasteiger partial charge in [-0.3, -0.25) is 4.79 Å². The van der Waals surface area contributed by atoms with Gasteiger partial charge in [0.2, 0.25) is 5.91 Å². The summed E-state index contributed by atoms with van der Waals surface area (Å²) in [5.74, 6) is 0.0976. The molecule has 0 heterocycles. The molecule has 0 unspecified atom stereocenters. The van der Waals surface area contributed by atoms with Gasteiger partial charge in [0.25, 0.3) is 0 Å². The molecule has 0 bridgehead atoms. The number of amides is 1. The van der Waals surface area contributed by atoms with Gasteiger partial charge in [0.15, 0.2) is 0 Å². The Bertz CT molecular complexity index is 209. The first-order chi connectivity index (χ1) is 7.10. The maximum atomic E-state index is 11.0. The summed E-state index contributed by atoms with van der Waals surface area (Å²) < 4.78 is 0. The monoisotopic (exact) mass is 231 g/mol. The van der Waals surface area contributed by atoms with Crippen LogP contribution in [0.1, 0.15) is 26.2 Å². The topological polar surface area (TPSA) is 58.4 Å². The molecule has 0 radical (unpaired) electrons. The van der Waals surface area contributed by atoms with Crippen LogP contribution in [-0.4, -0.2) is 42.5 Å². The molecule has 5 heteroatoms. The van der Waals surface area contributed by atoms with Crippen molar-refractivity contribution in [2.24, 2.45) is 5.73 Å². The van der Waals surface area contributed by atoms with Gasteiger partial charge in [-0.25, -0.2) is 0 Å². The second-order valence-corrected chi connectivity index (χ2v) is 3.95. The Hall–Kier alpha value is -0.680. The lowest BCUT2D eigenvalue weighted by Gasteiger charge is -2.19. The molecule has 4 nitrogen and oxygen atoms in total. The van der Waals surface area contributed by atoms with Crippen molar-refractivity contribution in [1.29, 1.82) is 0 Å². The first kappa shape index (κ1) is 14.3. The lowest BCUT2D eigenvalue weighted by Crippen LogP contribution is -2.29. The maximum absolute atomic E-state index is 11.0. The predicted molar refractivity (Wildman–Crippen MR) is 66.8 cm³/mol. The Labute approximate surface area is 97.2 Å². The Kier molecular flexibility index (Phi) is 8.22. The molecular weight excluding hydrogens is 210 g/mol. The number of carbonyl (C=O) groups is 1. The van der Waals surface area contributed by atoms with Crippen molar-refractivity contribution in [2.75, 3.05) is 26.7 Å². The van der Waals surface area contributed by atoms with Crippen LogP contribution in [0.3, 0.4) is 0 Å². The molecule has 0 saturated carbocycles. The normalized spacial score (nSPS) is 10.3. The van der Waals surface area contributed by atoms with E-state index in [9.17, 15) is 4.79 Å². The molecule has 0 aromatic heterocycles. The van der Waals surface area contributed by atoms with E-state index in [2.05, 4.69) is 17.1 Å². The Balaban J connectivity index is 3.61. The molecule has 1 amide bonds. The second kappa shape index (κ2) is 8.61. The van der Waals surface area contributed by atoms with Gasteiger partial charge >= 0.3 is 0 Å². The van der Waals surface area contributed by atoms with E-state index in [1.165, 1.54) is 0 Å². The number of rotatable bonds is 8. The van der Waals surface area contributed by atoms with Crippen molar-refractivity contribution in [3.8, 4) is 0 Å². The second-order valence-electron chi connectivity index (χ2n) is 3.43. The van der Waals surface area contributed by atoms with Crippen molar-refractivity contribution in [1.82, 2.24) is 10.2 Å². The molecule has 0 aromatic carbocycles. The largest absolute Gasteiger partial charge is 0.393 e. The zero-order chi connectivity index (χ0) is 11.7. The minimum atomic E-state index is 0.0976. The minimum absolute atomic E-state index is 0.0976. The summed E-state index contributed by atoms with van der Waals surface area (Å²) in [6.07, 6.45) is 2.22. The summed E-state index contributed by atoms with van der Waals surface area (Å²) in [5, 5.41) is 2.61. The van der Waals surface area contributed by atoms with Crippen LogP contribution in [0, 0.1) is 0 Å². The van der Waals surface area contributed by atoms with Gasteiger partial charge in [-0.2, -0.15) is 0 Å². The molecule has 0 aliphatic carbocycles. The minimum Gasteiger partial charge on any atom is -0.393 e. The summed E-state index contributed by atoms with van der Waals surface area (Å²) in [4.78, 5) is 13.8. The highest BCUT2D eigenvalue weighted by atomic mass is 32.1. The quantitative estimate of drug-likeness (QED) is 0.598. The van der Waals surface area contributed by atoms with Gasteiger partial charge in [0.05, 0.1) is 4.99 Å². The summed E-state index contributed by atoms with van der Waals surface area (Å²) in [6.45, 7) is 4.88. The number of nitrogens with two attached hydrogens (primary N) is 1. The number of hydrogen-bond donors (Lipinski definition) is 2. The van der Waals surface area contributed by atoms with Gasteiger partial charge in [-0.15, -0.1) is 0 Å². The average Bonchev–Trinajstić information content (AvgIpc) is 2.22. The number of nitrogens with zero attached hydrogens (tertiary/aromatic N) is 1. The van der Waals surface area contributed by atoms with Gasteiger partial charge in [-0.05, 0) is 19.5 Å². The highest BCUT2D eigenvalue weighted by Crippen LogP contribution is 1.97. The van der Waals surface area contributed by atoms with E-state index in [0.717, 1.165) is 32.5 Å². The lowest BCUT2D eigenvalue weighted by atomic mass is 10.2. The van der Waals surface area contributed by atoms with E-state index in [0.29, 0.717) is 11.4 Å². The summed E-state index contributed by atoms with van der Waals surface area (Å²) in [6, 6.07) is 0. The molecule has 0 spiro atoms. The SMILES string of the molecule is CCN(CCCC(=O)NC)CCC(N)=S. The van der Waals surface area contributed by atoms with Crippen LogP contribution >= 0.6 is 12.2 Å². The summed E-state index contributed by atoms with van der Waals surface area (Å²) in [7, 11) is 1.66. The molecule has 0 atom stereocenters. The van der Waals surface area contributed by atoms with E-state index in [1.807, 2.05) is 0 Å². The van der Waals surface area contributed by atoms with Crippen molar-refractivity contribution in [3.05, 3.63) is 0 Å². The first-order valence-electron chi connectivity index (χ1n) is 5.31. The van der Waals surface area contributed by atoms with Gasteiger partial charge in [-0.1, -0.05) is 19.1 Å². The van der Waals surface area contributed by atoms with E-state index in [-0.39, 0.29) is 5.91 Å².